The fraction of sp³-hybridized carbons (Fsp3) is 0.421. The molecule has 2 aromatic heterocycles. The highest BCUT2D eigenvalue weighted by Crippen LogP contribution is 2.24. The van der Waals surface area contributed by atoms with Gasteiger partial charge in [0.15, 0.2) is 11.5 Å². The number of halogens is 1. The molecule has 1 aromatic carbocycles. The summed E-state index contributed by atoms with van der Waals surface area (Å²) in [5, 5.41) is 12.3. The summed E-state index contributed by atoms with van der Waals surface area (Å²) in [7, 11) is 0. The van der Waals surface area contributed by atoms with Crippen molar-refractivity contribution in [3.8, 4) is 11.6 Å². The van der Waals surface area contributed by atoms with Gasteiger partial charge in [-0.2, -0.15) is 4.98 Å². The second-order valence-corrected chi connectivity index (χ2v) is 7.78. The molecule has 0 spiro atoms. The van der Waals surface area contributed by atoms with Crippen LogP contribution in [0, 0.1) is 0 Å². The van der Waals surface area contributed by atoms with Gasteiger partial charge in [0.1, 0.15) is 0 Å². The van der Waals surface area contributed by atoms with Gasteiger partial charge in [-0.3, -0.25) is 4.79 Å². The number of carbonyl (C=O) groups is 1. The van der Waals surface area contributed by atoms with Crippen LogP contribution in [0.3, 0.4) is 0 Å². The van der Waals surface area contributed by atoms with Crippen molar-refractivity contribution >= 4 is 21.8 Å². The van der Waals surface area contributed by atoms with Crippen LogP contribution >= 0.6 is 15.9 Å². The number of aromatic nitrogens is 5. The minimum Gasteiger partial charge on any atom is -0.342 e. The topological polar surface area (TPSA) is 89.9 Å². The fourth-order valence-corrected chi connectivity index (χ4v) is 3.59. The van der Waals surface area contributed by atoms with Crippen LogP contribution in [0.4, 0.5) is 0 Å². The Morgan fingerprint density at radius 3 is 2.68 bits per heavy atom. The Balaban J connectivity index is 1.34. The molecule has 4 rings (SSSR count). The van der Waals surface area contributed by atoms with Gasteiger partial charge in [0.2, 0.25) is 5.91 Å². The van der Waals surface area contributed by atoms with Crippen LogP contribution in [0.25, 0.3) is 11.6 Å². The predicted molar refractivity (Wildman–Crippen MR) is 105 cm³/mol. The van der Waals surface area contributed by atoms with E-state index >= 15 is 0 Å². The van der Waals surface area contributed by atoms with Crippen molar-refractivity contribution in [2.24, 2.45) is 0 Å². The van der Waals surface area contributed by atoms with Crippen LogP contribution < -0.4 is 0 Å². The standard InChI is InChI=1S/C19H21BrN6O2/c1-2-17-21-19(28-23-17)16-12-26(24-22-16)15-7-9-25(10-8-15)18(27)11-13-3-5-14(20)6-4-13/h3-6,12,15H,2,7-11H2,1H3. The Bertz CT molecular complexity index is 944. The van der Waals surface area contributed by atoms with E-state index in [0.29, 0.717) is 30.3 Å². The fourth-order valence-electron chi connectivity index (χ4n) is 3.32. The van der Waals surface area contributed by atoms with Crippen molar-refractivity contribution in [2.75, 3.05) is 13.1 Å². The first-order chi connectivity index (χ1) is 13.6. The molecule has 0 unspecified atom stereocenters. The SMILES string of the molecule is CCc1noc(-c2cn(C3CCN(C(=O)Cc4ccc(Br)cc4)CC3)nn2)n1. The zero-order valence-corrected chi connectivity index (χ0v) is 17.2. The third-order valence-corrected chi connectivity index (χ3v) is 5.50. The van der Waals surface area contributed by atoms with Gasteiger partial charge in [-0.05, 0) is 30.5 Å². The van der Waals surface area contributed by atoms with Gasteiger partial charge in [-0.15, -0.1) is 5.10 Å². The third-order valence-electron chi connectivity index (χ3n) is 4.97. The van der Waals surface area contributed by atoms with Gasteiger partial charge in [-0.1, -0.05) is 45.4 Å². The molecule has 28 heavy (non-hydrogen) atoms. The number of rotatable bonds is 5. The van der Waals surface area contributed by atoms with Gasteiger partial charge < -0.3 is 9.42 Å². The Hall–Kier alpha value is -2.55. The maximum Gasteiger partial charge on any atom is 0.280 e. The van der Waals surface area contributed by atoms with E-state index in [1.807, 2.05) is 47.0 Å². The molecule has 1 amide bonds. The summed E-state index contributed by atoms with van der Waals surface area (Å²) in [6, 6.07) is 8.10. The minimum atomic E-state index is 0.165. The Morgan fingerprint density at radius 1 is 1.25 bits per heavy atom. The minimum absolute atomic E-state index is 0.165. The van der Waals surface area contributed by atoms with E-state index in [-0.39, 0.29) is 11.9 Å². The van der Waals surface area contributed by atoms with E-state index in [0.717, 1.165) is 36.0 Å². The number of amides is 1. The second kappa shape index (κ2) is 8.22. The van der Waals surface area contributed by atoms with Gasteiger partial charge >= 0.3 is 0 Å². The molecule has 146 valence electrons. The van der Waals surface area contributed by atoms with E-state index in [1.165, 1.54) is 0 Å². The lowest BCUT2D eigenvalue weighted by molar-refractivity contribution is -0.131. The summed E-state index contributed by atoms with van der Waals surface area (Å²) in [4.78, 5) is 18.8. The average molecular weight is 445 g/mol. The lowest BCUT2D eigenvalue weighted by Gasteiger charge is -2.32. The van der Waals surface area contributed by atoms with Crippen LogP contribution in [0.1, 0.15) is 37.2 Å². The van der Waals surface area contributed by atoms with Crippen molar-refractivity contribution < 1.29 is 9.32 Å². The molecule has 1 aliphatic heterocycles. The van der Waals surface area contributed by atoms with Crippen LogP contribution in [0.2, 0.25) is 0 Å². The number of hydrogen-bond donors (Lipinski definition) is 0. The van der Waals surface area contributed by atoms with Crippen LogP contribution in [0.15, 0.2) is 39.5 Å². The van der Waals surface area contributed by atoms with E-state index in [1.54, 1.807) is 0 Å². The zero-order chi connectivity index (χ0) is 19.5. The largest absolute Gasteiger partial charge is 0.342 e. The molecule has 0 bridgehead atoms. The lowest BCUT2D eigenvalue weighted by Crippen LogP contribution is -2.40. The van der Waals surface area contributed by atoms with E-state index < -0.39 is 0 Å². The summed E-state index contributed by atoms with van der Waals surface area (Å²) in [6.45, 7) is 3.41. The predicted octanol–water partition coefficient (Wildman–Crippen LogP) is 3.06. The summed E-state index contributed by atoms with van der Waals surface area (Å²) in [6.07, 6.45) is 4.68. The van der Waals surface area contributed by atoms with Gasteiger partial charge in [0, 0.05) is 24.0 Å². The van der Waals surface area contributed by atoms with Crippen LogP contribution in [0.5, 0.6) is 0 Å². The third kappa shape index (κ3) is 4.14. The van der Waals surface area contributed by atoms with Gasteiger partial charge in [0.05, 0.1) is 18.7 Å². The van der Waals surface area contributed by atoms with Crippen molar-refractivity contribution in [2.45, 2.75) is 38.6 Å². The summed E-state index contributed by atoms with van der Waals surface area (Å²) >= 11 is 3.42. The second-order valence-electron chi connectivity index (χ2n) is 6.87. The highest BCUT2D eigenvalue weighted by Gasteiger charge is 2.25. The molecule has 1 fully saturated rings. The summed E-state index contributed by atoms with van der Waals surface area (Å²) < 4.78 is 8.09. The van der Waals surface area contributed by atoms with Crippen molar-refractivity contribution in [1.82, 2.24) is 30.0 Å². The van der Waals surface area contributed by atoms with Gasteiger partial charge in [-0.25, -0.2) is 4.68 Å². The van der Waals surface area contributed by atoms with Crippen molar-refractivity contribution in [3.05, 3.63) is 46.3 Å². The molecule has 1 saturated heterocycles. The Morgan fingerprint density at radius 2 is 2.00 bits per heavy atom. The molecule has 0 radical (unpaired) electrons. The number of aryl methyl sites for hydroxylation is 1. The molecular formula is C19H21BrN6O2. The molecule has 3 heterocycles. The zero-order valence-electron chi connectivity index (χ0n) is 15.6. The first-order valence-electron chi connectivity index (χ1n) is 9.39. The maximum absolute atomic E-state index is 12.6. The number of likely N-dealkylation sites (tertiary alicyclic amines) is 1. The number of nitrogens with zero attached hydrogens (tertiary/aromatic N) is 6. The first kappa shape index (κ1) is 18.8. The number of piperidine rings is 1. The van der Waals surface area contributed by atoms with Gasteiger partial charge in [0.25, 0.3) is 5.89 Å². The van der Waals surface area contributed by atoms with E-state index in [9.17, 15) is 4.79 Å². The molecule has 0 N–H and O–H groups in total. The summed E-state index contributed by atoms with van der Waals surface area (Å²) in [5.41, 5.74) is 1.61. The van der Waals surface area contributed by atoms with Crippen LogP contribution in [-0.4, -0.2) is 49.0 Å². The van der Waals surface area contributed by atoms with E-state index in [2.05, 4.69) is 36.4 Å². The Kier molecular flexibility index (Phi) is 5.52. The molecule has 0 saturated carbocycles. The number of carbonyl (C=O) groups excluding carboxylic acids is 1. The smallest absolute Gasteiger partial charge is 0.280 e. The number of benzene rings is 1. The molecule has 1 aliphatic rings. The molecule has 0 atom stereocenters. The van der Waals surface area contributed by atoms with Crippen LogP contribution in [-0.2, 0) is 17.6 Å². The first-order valence-corrected chi connectivity index (χ1v) is 10.2. The quantitative estimate of drug-likeness (QED) is 0.600. The average Bonchev–Trinajstić information content (AvgIpc) is 3.39. The van der Waals surface area contributed by atoms with Crippen molar-refractivity contribution in [1.29, 1.82) is 0 Å². The molecular weight excluding hydrogens is 424 g/mol. The molecule has 8 nitrogen and oxygen atoms in total. The monoisotopic (exact) mass is 444 g/mol. The normalized spacial score (nSPS) is 15.1. The molecule has 9 heteroatoms. The molecule has 3 aromatic rings. The number of hydrogen-bond acceptors (Lipinski definition) is 6. The molecule has 0 aliphatic carbocycles. The van der Waals surface area contributed by atoms with Crippen molar-refractivity contribution in [3.63, 3.8) is 0 Å². The Labute approximate surface area is 171 Å². The highest BCUT2D eigenvalue weighted by molar-refractivity contribution is 9.10. The lowest BCUT2D eigenvalue weighted by atomic mass is 10.0. The van der Waals surface area contributed by atoms with E-state index in [4.69, 9.17) is 4.52 Å². The maximum atomic E-state index is 12.6. The highest BCUT2D eigenvalue weighted by atomic mass is 79.9. The summed E-state index contributed by atoms with van der Waals surface area (Å²) in [5.74, 6) is 1.21.